The van der Waals surface area contributed by atoms with Crippen molar-refractivity contribution in [3.63, 3.8) is 0 Å². The molecule has 21 heavy (non-hydrogen) atoms. The summed E-state index contributed by atoms with van der Waals surface area (Å²) in [6.07, 6.45) is 2.14. The van der Waals surface area contributed by atoms with Crippen LogP contribution in [0.4, 0.5) is 0 Å². The minimum Gasteiger partial charge on any atom is -0.373 e. The zero-order valence-electron chi connectivity index (χ0n) is 14.0. The molecule has 0 aromatic rings. The predicted molar refractivity (Wildman–Crippen MR) is 85.5 cm³/mol. The lowest BCUT2D eigenvalue weighted by Gasteiger charge is -2.24. The van der Waals surface area contributed by atoms with Gasteiger partial charge in [-0.1, -0.05) is 0 Å². The van der Waals surface area contributed by atoms with Crippen molar-refractivity contribution >= 4 is 11.9 Å². The van der Waals surface area contributed by atoms with Gasteiger partial charge in [0.15, 0.2) is 5.96 Å². The molecule has 1 heterocycles. The van der Waals surface area contributed by atoms with Gasteiger partial charge in [0.25, 0.3) is 0 Å². The lowest BCUT2D eigenvalue weighted by molar-refractivity contribution is -0.121. The van der Waals surface area contributed by atoms with Crippen LogP contribution >= 0.6 is 0 Å². The molecule has 0 spiro atoms. The maximum Gasteiger partial charge on any atom is 0.242 e. The summed E-state index contributed by atoms with van der Waals surface area (Å²) < 4.78 is 5.74. The van der Waals surface area contributed by atoms with E-state index < -0.39 is 0 Å². The minimum atomic E-state index is -0.233. The SMILES string of the molecule is CCNC(=NCC(=O)NC(C)(C)C)NCC1(C)CCCO1. The third-order valence-electron chi connectivity index (χ3n) is 3.17. The third kappa shape index (κ3) is 7.32. The number of nitrogens with one attached hydrogen (secondary N) is 3. The molecule has 0 radical (unpaired) electrons. The van der Waals surface area contributed by atoms with E-state index >= 15 is 0 Å². The first kappa shape index (κ1) is 17.8. The van der Waals surface area contributed by atoms with Crippen LogP contribution in [0.5, 0.6) is 0 Å². The molecule has 3 N–H and O–H groups in total. The second-order valence-corrected chi connectivity index (χ2v) is 6.75. The summed E-state index contributed by atoms with van der Waals surface area (Å²) in [5, 5.41) is 9.30. The van der Waals surface area contributed by atoms with Crippen LogP contribution in [0.3, 0.4) is 0 Å². The molecule has 1 aliphatic rings. The van der Waals surface area contributed by atoms with Crippen molar-refractivity contribution in [3.8, 4) is 0 Å². The molecule has 0 aromatic carbocycles. The summed E-state index contributed by atoms with van der Waals surface area (Å²) in [6, 6.07) is 0. The monoisotopic (exact) mass is 298 g/mol. The molecule has 0 aliphatic carbocycles. The Balaban J connectivity index is 2.47. The highest BCUT2D eigenvalue weighted by atomic mass is 16.5. The number of guanidine groups is 1. The third-order valence-corrected chi connectivity index (χ3v) is 3.17. The normalized spacial score (nSPS) is 23.0. The average Bonchev–Trinajstić information content (AvgIpc) is 2.78. The second-order valence-electron chi connectivity index (χ2n) is 6.75. The number of ether oxygens (including phenoxy) is 1. The quantitative estimate of drug-likeness (QED) is 0.523. The van der Waals surface area contributed by atoms with Gasteiger partial charge in [0.2, 0.25) is 5.91 Å². The van der Waals surface area contributed by atoms with Gasteiger partial charge >= 0.3 is 0 Å². The minimum absolute atomic E-state index is 0.0805. The molecule has 1 fully saturated rings. The topological polar surface area (TPSA) is 74.8 Å². The van der Waals surface area contributed by atoms with E-state index in [1.165, 1.54) is 0 Å². The molecule has 1 atom stereocenters. The van der Waals surface area contributed by atoms with Gasteiger partial charge in [-0.05, 0) is 47.5 Å². The van der Waals surface area contributed by atoms with Crippen molar-refractivity contribution in [2.75, 3.05) is 26.2 Å². The van der Waals surface area contributed by atoms with Crippen molar-refractivity contribution in [3.05, 3.63) is 0 Å². The highest BCUT2D eigenvalue weighted by Crippen LogP contribution is 2.23. The van der Waals surface area contributed by atoms with E-state index in [-0.39, 0.29) is 23.6 Å². The van der Waals surface area contributed by atoms with E-state index in [1.54, 1.807) is 0 Å². The van der Waals surface area contributed by atoms with Gasteiger partial charge < -0.3 is 20.7 Å². The molecule has 0 saturated carbocycles. The van der Waals surface area contributed by atoms with E-state index in [1.807, 2.05) is 27.7 Å². The van der Waals surface area contributed by atoms with Crippen molar-refractivity contribution in [2.45, 2.75) is 58.6 Å². The number of carbonyl (C=O) groups excluding carboxylic acids is 1. The molecule has 1 saturated heterocycles. The van der Waals surface area contributed by atoms with Crippen LogP contribution in [-0.2, 0) is 9.53 Å². The maximum absolute atomic E-state index is 11.8. The number of hydrogen-bond donors (Lipinski definition) is 3. The van der Waals surface area contributed by atoms with Crippen LogP contribution < -0.4 is 16.0 Å². The summed E-state index contributed by atoms with van der Waals surface area (Å²) in [4.78, 5) is 16.1. The smallest absolute Gasteiger partial charge is 0.242 e. The zero-order chi connectivity index (χ0) is 15.9. The number of nitrogens with zero attached hydrogens (tertiary/aromatic N) is 1. The Morgan fingerprint density at radius 2 is 2.05 bits per heavy atom. The van der Waals surface area contributed by atoms with E-state index in [0.717, 1.165) is 26.0 Å². The number of aliphatic imine (C=N–C) groups is 1. The fraction of sp³-hybridized carbons (Fsp3) is 0.867. The lowest BCUT2D eigenvalue weighted by Crippen LogP contribution is -2.46. The molecule has 6 heteroatoms. The largest absolute Gasteiger partial charge is 0.373 e. The van der Waals surface area contributed by atoms with Gasteiger partial charge in [-0.15, -0.1) is 0 Å². The Kier molecular flexibility index (Phi) is 6.45. The maximum atomic E-state index is 11.8. The van der Waals surface area contributed by atoms with Crippen molar-refractivity contribution in [2.24, 2.45) is 4.99 Å². The lowest BCUT2D eigenvalue weighted by atomic mass is 10.0. The highest BCUT2D eigenvalue weighted by molar-refractivity contribution is 5.85. The van der Waals surface area contributed by atoms with Gasteiger partial charge in [-0.25, -0.2) is 4.99 Å². The molecule has 1 amide bonds. The Morgan fingerprint density at radius 3 is 2.57 bits per heavy atom. The molecule has 0 aromatic heterocycles. The summed E-state index contributed by atoms with van der Waals surface area (Å²) >= 11 is 0. The molecular formula is C15H30N4O2. The fourth-order valence-corrected chi connectivity index (χ4v) is 2.20. The van der Waals surface area contributed by atoms with Crippen molar-refractivity contribution < 1.29 is 9.53 Å². The van der Waals surface area contributed by atoms with Gasteiger partial charge in [-0.2, -0.15) is 0 Å². The molecule has 0 bridgehead atoms. The van der Waals surface area contributed by atoms with Gasteiger partial charge in [-0.3, -0.25) is 4.79 Å². The molecule has 1 rings (SSSR count). The van der Waals surface area contributed by atoms with E-state index in [0.29, 0.717) is 12.5 Å². The molecule has 122 valence electrons. The van der Waals surface area contributed by atoms with Crippen LogP contribution in [0.15, 0.2) is 4.99 Å². The molecule has 1 aliphatic heterocycles. The highest BCUT2D eigenvalue weighted by Gasteiger charge is 2.29. The number of amides is 1. The van der Waals surface area contributed by atoms with E-state index in [9.17, 15) is 4.79 Å². The first-order chi connectivity index (χ1) is 9.74. The van der Waals surface area contributed by atoms with Gasteiger partial charge in [0.1, 0.15) is 6.54 Å². The average molecular weight is 298 g/mol. The Hall–Kier alpha value is -1.30. The molecular weight excluding hydrogens is 268 g/mol. The van der Waals surface area contributed by atoms with Crippen LogP contribution in [-0.4, -0.2) is 49.2 Å². The Morgan fingerprint density at radius 1 is 1.33 bits per heavy atom. The zero-order valence-corrected chi connectivity index (χ0v) is 14.0. The van der Waals surface area contributed by atoms with Crippen LogP contribution in [0.2, 0.25) is 0 Å². The van der Waals surface area contributed by atoms with E-state index in [2.05, 4.69) is 27.9 Å². The van der Waals surface area contributed by atoms with Gasteiger partial charge in [0.05, 0.1) is 5.60 Å². The Bertz CT molecular complexity index is 368. The first-order valence-electron chi connectivity index (χ1n) is 7.71. The van der Waals surface area contributed by atoms with Crippen LogP contribution in [0.25, 0.3) is 0 Å². The summed E-state index contributed by atoms with van der Waals surface area (Å²) in [5.74, 6) is 0.571. The van der Waals surface area contributed by atoms with Crippen molar-refractivity contribution in [1.82, 2.24) is 16.0 Å². The van der Waals surface area contributed by atoms with E-state index in [4.69, 9.17) is 4.74 Å². The second kappa shape index (κ2) is 7.64. The Labute approximate surface area is 128 Å². The summed E-state index contributed by atoms with van der Waals surface area (Å²) in [5.41, 5.74) is -0.368. The molecule has 1 unspecified atom stereocenters. The number of rotatable bonds is 5. The van der Waals surface area contributed by atoms with Crippen LogP contribution in [0.1, 0.15) is 47.5 Å². The fourth-order valence-electron chi connectivity index (χ4n) is 2.20. The number of hydrogen-bond acceptors (Lipinski definition) is 3. The summed E-state index contributed by atoms with van der Waals surface area (Å²) in [7, 11) is 0. The molecule has 6 nitrogen and oxygen atoms in total. The van der Waals surface area contributed by atoms with Crippen molar-refractivity contribution in [1.29, 1.82) is 0 Å². The standard InChI is InChI=1S/C15H30N4O2/c1-6-16-13(17-10-12(20)19-14(2,3)4)18-11-15(5)8-7-9-21-15/h6-11H2,1-5H3,(H,19,20)(H2,16,17,18). The predicted octanol–water partition coefficient (Wildman–Crippen LogP) is 1.03. The summed E-state index contributed by atoms with van der Waals surface area (Å²) in [6.45, 7) is 12.3. The first-order valence-corrected chi connectivity index (χ1v) is 7.71. The van der Waals surface area contributed by atoms with Gasteiger partial charge in [0, 0.05) is 25.2 Å². The number of carbonyl (C=O) groups is 1. The van der Waals surface area contributed by atoms with Crippen LogP contribution in [0, 0.1) is 0 Å².